The fraction of sp³-hybridized carbons (Fsp3) is 0.731. The lowest BCUT2D eigenvalue weighted by atomic mass is 9.98. The lowest BCUT2D eigenvalue weighted by molar-refractivity contribution is -0.195. The molecule has 0 aliphatic carbocycles. The highest BCUT2D eigenvalue weighted by atomic mass is 16.6. The molecule has 0 fully saturated rings. The van der Waals surface area contributed by atoms with E-state index in [-0.39, 0.29) is 25.7 Å². The van der Waals surface area contributed by atoms with Gasteiger partial charge in [-0.3, -0.25) is 33.6 Å². The van der Waals surface area contributed by atoms with Gasteiger partial charge in [0.05, 0.1) is 0 Å². The van der Waals surface area contributed by atoms with E-state index in [1.165, 1.54) is 0 Å². The lowest BCUT2D eigenvalue weighted by Crippen LogP contribution is -2.55. The van der Waals surface area contributed by atoms with Crippen molar-refractivity contribution >= 4 is 41.4 Å². The molecule has 0 aromatic rings. The van der Waals surface area contributed by atoms with Gasteiger partial charge in [0.25, 0.3) is 0 Å². The topological polar surface area (TPSA) is 166 Å². The maximum atomic E-state index is 13.6. The zero-order valence-electron chi connectivity index (χ0n) is 23.1. The first-order chi connectivity index (χ1) is 17.9. The van der Waals surface area contributed by atoms with Crippen molar-refractivity contribution < 1.29 is 57.2 Å². The fourth-order valence-electron chi connectivity index (χ4n) is 3.15. The Balaban J connectivity index is 6.72. The third-order valence-corrected chi connectivity index (χ3v) is 4.90. The summed E-state index contributed by atoms with van der Waals surface area (Å²) < 4.78 is 26.2. The van der Waals surface area contributed by atoms with Crippen LogP contribution in [0.1, 0.15) is 92.9 Å². The monoisotopic (exact) mass is 544 g/mol. The molecule has 12 heteroatoms. The van der Waals surface area contributed by atoms with Crippen LogP contribution < -0.4 is 0 Å². The van der Waals surface area contributed by atoms with Crippen molar-refractivity contribution in [3.05, 3.63) is 0 Å². The number of carbonyl (C=O) groups excluding carboxylic acids is 7. The number of rotatable bonds is 19. The van der Waals surface area contributed by atoms with Crippen molar-refractivity contribution in [2.75, 3.05) is 6.61 Å². The molecule has 0 rings (SSSR count). The van der Waals surface area contributed by atoms with Gasteiger partial charge in [-0.2, -0.15) is 0 Å². The van der Waals surface area contributed by atoms with Crippen molar-refractivity contribution in [2.45, 2.75) is 117 Å². The number of Topliss-reactive ketones (excluding diaryl/α,β-unsaturated/α-hetero) is 2. The molecule has 0 aliphatic heterocycles. The SMILES string of the molecule is CCCC(=O)OC(C(C)=O)C(=O)[C@H](OC(=O)CCC)[C@@H](OC(=O)CCC)[C@@H](COC(C)=O)OC(=O)CCC. The van der Waals surface area contributed by atoms with Gasteiger partial charge in [0.15, 0.2) is 18.0 Å². The Labute approximate surface area is 223 Å². The first kappa shape index (κ1) is 34.7. The molecule has 12 nitrogen and oxygen atoms in total. The van der Waals surface area contributed by atoms with Crippen LogP contribution in [0.15, 0.2) is 0 Å². The van der Waals surface area contributed by atoms with Crippen LogP contribution in [0.4, 0.5) is 0 Å². The third-order valence-electron chi connectivity index (χ3n) is 4.90. The molecule has 0 heterocycles. The Hall–Kier alpha value is -3.31. The minimum atomic E-state index is -2.02. The van der Waals surface area contributed by atoms with Gasteiger partial charge in [0.2, 0.25) is 18.0 Å². The number of hydrogen-bond acceptors (Lipinski definition) is 12. The summed E-state index contributed by atoms with van der Waals surface area (Å²) in [6, 6.07) is 0. The van der Waals surface area contributed by atoms with Gasteiger partial charge in [-0.05, 0) is 32.6 Å². The molecular weight excluding hydrogens is 504 g/mol. The van der Waals surface area contributed by atoms with E-state index in [1.54, 1.807) is 27.7 Å². The van der Waals surface area contributed by atoms with Gasteiger partial charge in [-0.1, -0.05) is 27.7 Å². The smallest absolute Gasteiger partial charge is 0.306 e. The molecule has 0 radical (unpaired) electrons. The summed E-state index contributed by atoms with van der Waals surface area (Å²) in [4.78, 5) is 87.0. The van der Waals surface area contributed by atoms with Gasteiger partial charge in [0, 0.05) is 32.6 Å². The minimum absolute atomic E-state index is 0.0505. The quantitative estimate of drug-likeness (QED) is 0.133. The number of esters is 5. The van der Waals surface area contributed by atoms with Crippen molar-refractivity contribution in [2.24, 2.45) is 0 Å². The van der Waals surface area contributed by atoms with Crippen molar-refractivity contribution in [3.63, 3.8) is 0 Å². The zero-order valence-corrected chi connectivity index (χ0v) is 23.1. The van der Waals surface area contributed by atoms with E-state index in [4.69, 9.17) is 23.7 Å². The van der Waals surface area contributed by atoms with E-state index < -0.39 is 72.4 Å². The highest BCUT2D eigenvalue weighted by molar-refractivity contribution is 6.08. The number of ketones is 2. The minimum Gasteiger partial charge on any atom is -0.462 e. The van der Waals surface area contributed by atoms with Crippen LogP contribution in [-0.4, -0.2) is 72.4 Å². The number of carbonyl (C=O) groups is 7. The summed E-state index contributed by atoms with van der Waals surface area (Å²) in [6.45, 7) is 8.21. The zero-order chi connectivity index (χ0) is 29.3. The lowest BCUT2D eigenvalue weighted by Gasteiger charge is -2.32. The Morgan fingerprint density at radius 1 is 0.579 bits per heavy atom. The first-order valence-corrected chi connectivity index (χ1v) is 12.9. The largest absolute Gasteiger partial charge is 0.462 e. The molecule has 0 saturated carbocycles. The molecular formula is C26H40O12. The summed E-state index contributed by atoms with van der Waals surface area (Å²) in [5.41, 5.74) is 0. The molecule has 0 aliphatic rings. The molecule has 0 aromatic carbocycles. The van der Waals surface area contributed by atoms with E-state index in [0.717, 1.165) is 13.8 Å². The Bertz CT molecular complexity index is 834. The summed E-state index contributed by atoms with van der Waals surface area (Å²) in [5, 5.41) is 0. The molecule has 4 atom stereocenters. The van der Waals surface area contributed by atoms with E-state index in [1.807, 2.05) is 0 Å². The molecule has 38 heavy (non-hydrogen) atoms. The maximum absolute atomic E-state index is 13.6. The highest BCUT2D eigenvalue weighted by Gasteiger charge is 2.47. The highest BCUT2D eigenvalue weighted by Crippen LogP contribution is 2.21. The second-order valence-electron chi connectivity index (χ2n) is 8.58. The average molecular weight is 545 g/mol. The molecule has 216 valence electrons. The molecule has 0 N–H and O–H groups in total. The summed E-state index contributed by atoms with van der Waals surface area (Å²) in [5.74, 6) is -6.13. The maximum Gasteiger partial charge on any atom is 0.306 e. The van der Waals surface area contributed by atoms with Crippen molar-refractivity contribution in [1.29, 1.82) is 0 Å². The van der Waals surface area contributed by atoms with Crippen LogP contribution in [0.25, 0.3) is 0 Å². The Morgan fingerprint density at radius 2 is 1.00 bits per heavy atom. The third kappa shape index (κ3) is 13.3. The van der Waals surface area contributed by atoms with Crippen molar-refractivity contribution in [1.82, 2.24) is 0 Å². The standard InChI is InChI=1S/C26H40O12/c1-7-11-19(29)35-18(15-34-17(6)28)25(37-21(31)13-9-3)26(38-22(32)14-10-4)23(33)24(16(5)27)36-20(30)12-8-2/h18,24-26H,7-15H2,1-6H3/t18-,24?,25+,26+/m1/s1. The van der Waals surface area contributed by atoms with Gasteiger partial charge in [-0.25, -0.2) is 0 Å². The van der Waals surface area contributed by atoms with Gasteiger partial charge in [-0.15, -0.1) is 0 Å². The normalized spacial score (nSPS) is 13.7. The van der Waals surface area contributed by atoms with E-state index >= 15 is 0 Å². The van der Waals surface area contributed by atoms with Crippen LogP contribution in [0.3, 0.4) is 0 Å². The molecule has 0 aromatic heterocycles. The second kappa shape index (κ2) is 18.9. The van der Waals surface area contributed by atoms with Gasteiger partial charge in [0.1, 0.15) is 6.61 Å². The molecule has 1 unspecified atom stereocenters. The van der Waals surface area contributed by atoms with Crippen LogP contribution in [0.5, 0.6) is 0 Å². The fourth-order valence-corrected chi connectivity index (χ4v) is 3.15. The van der Waals surface area contributed by atoms with Crippen molar-refractivity contribution in [3.8, 4) is 0 Å². The average Bonchev–Trinajstić information content (AvgIpc) is 2.82. The summed E-state index contributed by atoms with van der Waals surface area (Å²) in [7, 11) is 0. The second-order valence-corrected chi connectivity index (χ2v) is 8.58. The Morgan fingerprint density at radius 3 is 1.42 bits per heavy atom. The Kier molecular flexibility index (Phi) is 17.2. The van der Waals surface area contributed by atoms with Crippen LogP contribution in [0, 0.1) is 0 Å². The predicted octanol–water partition coefficient (Wildman–Crippen LogP) is 2.56. The van der Waals surface area contributed by atoms with Gasteiger partial charge < -0.3 is 23.7 Å². The van der Waals surface area contributed by atoms with Crippen LogP contribution >= 0.6 is 0 Å². The summed E-state index contributed by atoms with van der Waals surface area (Å²) in [6.07, 6.45) is -6.31. The van der Waals surface area contributed by atoms with Crippen LogP contribution in [-0.2, 0) is 57.2 Å². The number of hydrogen-bond donors (Lipinski definition) is 0. The number of ether oxygens (including phenoxy) is 5. The molecule has 0 amide bonds. The van der Waals surface area contributed by atoms with Gasteiger partial charge >= 0.3 is 29.8 Å². The molecule has 0 bridgehead atoms. The van der Waals surface area contributed by atoms with Crippen LogP contribution in [0.2, 0.25) is 0 Å². The van der Waals surface area contributed by atoms with E-state index in [9.17, 15) is 33.6 Å². The summed E-state index contributed by atoms with van der Waals surface area (Å²) >= 11 is 0. The van der Waals surface area contributed by atoms with E-state index in [2.05, 4.69) is 0 Å². The van der Waals surface area contributed by atoms with E-state index in [0.29, 0.717) is 25.7 Å². The first-order valence-electron chi connectivity index (χ1n) is 12.9. The molecule has 0 saturated heterocycles. The molecule has 0 spiro atoms. The predicted molar refractivity (Wildman–Crippen MR) is 131 cm³/mol.